The van der Waals surface area contributed by atoms with Gasteiger partial charge in [0.1, 0.15) is 18.1 Å². The number of ether oxygens (including phenoxy) is 2. The third-order valence-corrected chi connectivity index (χ3v) is 2.98. The SMILES string of the molecule is COc1c(Cl)cc(OCc2ccccc2)cc1/C=N/O. The summed E-state index contributed by atoms with van der Waals surface area (Å²) in [6, 6.07) is 13.2. The molecule has 2 rings (SSSR count). The van der Waals surface area contributed by atoms with Crippen LogP contribution in [0.4, 0.5) is 0 Å². The van der Waals surface area contributed by atoms with Crippen LogP contribution in [0.15, 0.2) is 47.6 Å². The number of methoxy groups -OCH3 is 1. The Balaban J connectivity index is 2.20. The molecule has 0 aromatic heterocycles. The van der Waals surface area contributed by atoms with Crippen LogP contribution in [-0.4, -0.2) is 18.5 Å². The number of benzene rings is 2. The lowest BCUT2D eigenvalue weighted by Crippen LogP contribution is -1.98. The fourth-order valence-corrected chi connectivity index (χ4v) is 2.08. The Bertz CT molecular complexity index is 600. The second-order valence-electron chi connectivity index (χ2n) is 4.05. The predicted octanol–water partition coefficient (Wildman–Crippen LogP) is 3.74. The molecule has 0 spiro atoms. The van der Waals surface area contributed by atoms with Gasteiger partial charge in [-0.3, -0.25) is 0 Å². The standard InChI is InChI=1S/C15H14ClNO3/c1-19-15-12(9-17-18)7-13(8-14(15)16)20-10-11-5-3-2-4-6-11/h2-9,18H,10H2,1H3/b17-9+. The van der Waals surface area contributed by atoms with Crippen molar-refractivity contribution < 1.29 is 14.7 Å². The van der Waals surface area contributed by atoms with Gasteiger partial charge < -0.3 is 14.7 Å². The summed E-state index contributed by atoms with van der Waals surface area (Å²) in [7, 11) is 1.50. The summed E-state index contributed by atoms with van der Waals surface area (Å²) in [5, 5.41) is 12.1. The van der Waals surface area contributed by atoms with E-state index in [2.05, 4.69) is 5.16 Å². The highest BCUT2D eigenvalue weighted by Gasteiger charge is 2.10. The normalized spacial score (nSPS) is 10.7. The molecule has 0 amide bonds. The summed E-state index contributed by atoms with van der Waals surface area (Å²) in [6.45, 7) is 0.430. The van der Waals surface area contributed by atoms with E-state index in [1.54, 1.807) is 12.1 Å². The molecule has 0 fully saturated rings. The molecule has 0 aliphatic heterocycles. The smallest absolute Gasteiger partial charge is 0.146 e. The van der Waals surface area contributed by atoms with Crippen LogP contribution in [0.2, 0.25) is 5.02 Å². The third kappa shape index (κ3) is 3.42. The van der Waals surface area contributed by atoms with E-state index in [1.807, 2.05) is 30.3 Å². The zero-order chi connectivity index (χ0) is 14.4. The van der Waals surface area contributed by atoms with E-state index < -0.39 is 0 Å². The van der Waals surface area contributed by atoms with Gasteiger partial charge in [-0.25, -0.2) is 0 Å². The average molecular weight is 292 g/mol. The second kappa shape index (κ2) is 6.82. The highest BCUT2D eigenvalue weighted by molar-refractivity contribution is 6.32. The summed E-state index contributed by atoms with van der Waals surface area (Å²) in [4.78, 5) is 0. The number of oxime groups is 1. The summed E-state index contributed by atoms with van der Waals surface area (Å²) < 4.78 is 10.8. The van der Waals surface area contributed by atoms with Crippen molar-refractivity contribution in [2.45, 2.75) is 6.61 Å². The number of hydrogen-bond acceptors (Lipinski definition) is 4. The van der Waals surface area contributed by atoms with E-state index >= 15 is 0 Å². The fourth-order valence-electron chi connectivity index (χ4n) is 1.79. The Hall–Kier alpha value is -2.20. The minimum atomic E-state index is 0.396. The van der Waals surface area contributed by atoms with Gasteiger partial charge in [-0.2, -0.15) is 0 Å². The minimum absolute atomic E-state index is 0.396. The van der Waals surface area contributed by atoms with Crippen LogP contribution in [-0.2, 0) is 6.61 Å². The first-order valence-electron chi connectivity index (χ1n) is 5.96. The summed E-state index contributed by atoms with van der Waals surface area (Å²) in [5.41, 5.74) is 1.60. The van der Waals surface area contributed by atoms with E-state index in [9.17, 15) is 0 Å². The maximum absolute atomic E-state index is 8.66. The molecule has 0 bridgehead atoms. The number of halogens is 1. The van der Waals surface area contributed by atoms with Gasteiger partial charge >= 0.3 is 0 Å². The van der Waals surface area contributed by atoms with E-state index in [1.165, 1.54) is 13.3 Å². The van der Waals surface area contributed by atoms with Gasteiger partial charge in [0, 0.05) is 11.6 Å². The largest absolute Gasteiger partial charge is 0.494 e. The Morgan fingerprint density at radius 2 is 2.00 bits per heavy atom. The molecule has 0 saturated heterocycles. The van der Waals surface area contributed by atoms with Crippen LogP contribution >= 0.6 is 11.6 Å². The van der Waals surface area contributed by atoms with Crippen molar-refractivity contribution in [3.05, 3.63) is 58.6 Å². The van der Waals surface area contributed by atoms with Gasteiger partial charge in [-0.05, 0) is 11.6 Å². The maximum atomic E-state index is 8.66. The first kappa shape index (κ1) is 14.2. The predicted molar refractivity (Wildman–Crippen MR) is 78.2 cm³/mol. The highest BCUT2D eigenvalue weighted by atomic mass is 35.5. The number of nitrogens with zero attached hydrogens (tertiary/aromatic N) is 1. The van der Waals surface area contributed by atoms with Crippen molar-refractivity contribution in [1.82, 2.24) is 0 Å². The van der Waals surface area contributed by atoms with Crippen LogP contribution < -0.4 is 9.47 Å². The van der Waals surface area contributed by atoms with E-state index in [-0.39, 0.29) is 0 Å². The lowest BCUT2D eigenvalue weighted by molar-refractivity contribution is 0.305. The molecule has 2 aromatic carbocycles. The van der Waals surface area contributed by atoms with Crippen molar-refractivity contribution in [3.8, 4) is 11.5 Å². The fraction of sp³-hybridized carbons (Fsp3) is 0.133. The zero-order valence-corrected chi connectivity index (χ0v) is 11.7. The van der Waals surface area contributed by atoms with Gasteiger partial charge in [0.2, 0.25) is 0 Å². The summed E-state index contributed by atoms with van der Waals surface area (Å²) >= 11 is 6.10. The molecular weight excluding hydrogens is 278 g/mol. The second-order valence-corrected chi connectivity index (χ2v) is 4.45. The van der Waals surface area contributed by atoms with Gasteiger partial charge in [0.05, 0.1) is 18.3 Å². The van der Waals surface area contributed by atoms with Crippen molar-refractivity contribution in [2.75, 3.05) is 7.11 Å². The molecule has 1 N–H and O–H groups in total. The first-order chi connectivity index (χ1) is 9.74. The van der Waals surface area contributed by atoms with Crippen molar-refractivity contribution in [2.24, 2.45) is 5.16 Å². The molecule has 104 valence electrons. The van der Waals surface area contributed by atoms with Crippen molar-refractivity contribution >= 4 is 17.8 Å². The lowest BCUT2D eigenvalue weighted by atomic mass is 10.2. The summed E-state index contributed by atoms with van der Waals surface area (Å²) in [5.74, 6) is 1.02. The molecule has 4 nitrogen and oxygen atoms in total. The first-order valence-corrected chi connectivity index (χ1v) is 6.34. The molecule has 0 heterocycles. The van der Waals surface area contributed by atoms with E-state index in [0.29, 0.717) is 28.7 Å². The molecule has 0 unspecified atom stereocenters. The van der Waals surface area contributed by atoms with Crippen LogP contribution in [0.1, 0.15) is 11.1 Å². The topological polar surface area (TPSA) is 51.0 Å². The molecule has 0 saturated carbocycles. The Kier molecular flexibility index (Phi) is 4.85. The monoisotopic (exact) mass is 291 g/mol. The number of hydrogen-bond donors (Lipinski definition) is 1. The van der Waals surface area contributed by atoms with Gasteiger partial charge in [0.15, 0.2) is 0 Å². The molecule has 0 radical (unpaired) electrons. The highest BCUT2D eigenvalue weighted by Crippen LogP contribution is 2.32. The molecular formula is C15H14ClNO3. The van der Waals surface area contributed by atoms with Crippen LogP contribution in [0, 0.1) is 0 Å². The minimum Gasteiger partial charge on any atom is -0.494 e. The Labute approximate surface area is 122 Å². The lowest BCUT2D eigenvalue weighted by Gasteiger charge is -2.11. The van der Waals surface area contributed by atoms with Crippen LogP contribution in [0.3, 0.4) is 0 Å². The Morgan fingerprint density at radius 1 is 1.25 bits per heavy atom. The van der Waals surface area contributed by atoms with Crippen molar-refractivity contribution in [1.29, 1.82) is 0 Å². The van der Waals surface area contributed by atoms with Crippen LogP contribution in [0.25, 0.3) is 0 Å². The molecule has 5 heteroatoms. The van der Waals surface area contributed by atoms with Gasteiger partial charge in [0.25, 0.3) is 0 Å². The Morgan fingerprint density at radius 3 is 2.65 bits per heavy atom. The summed E-state index contributed by atoms with van der Waals surface area (Å²) in [6.07, 6.45) is 1.25. The molecule has 2 aromatic rings. The number of rotatable bonds is 5. The van der Waals surface area contributed by atoms with E-state index in [4.69, 9.17) is 26.3 Å². The molecule has 0 aliphatic rings. The molecule has 20 heavy (non-hydrogen) atoms. The molecule has 0 atom stereocenters. The van der Waals surface area contributed by atoms with E-state index in [0.717, 1.165) is 5.56 Å². The molecule has 0 aliphatic carbocycles. The van der Waals surface area contributed by atoms with Crippen LogP contribution in [0.5, 0.6) is 11.5 Å². The maximum Gasteiger partial charge on any atom is 0.146 e. The zero-order valence-electron chi connectivity index (χ0n) is 10.9. The van der Waals surface area contributed by atoms with Gasteiger partial charge in [-0.1, -0.05) is 47.1 Å². The average Bonchev–Trinajstić information content (AvgIpc) is 2.46. The van der Waals surface area contributed by atoms with Crippen molar-refractivity contribution in [3.63, 3.8) is 0 Å². The third-order valence-electron chi connectivity index (χ3n) is 2.70. The quantitative estimate of drug-likeness (QED) is 0.519. The van der Waals surface area contributed by atoms with Gasteiger partial charge in [-0.15, -0.1) is 0 Å².